The van der Waals surface area contributed by atoms with Gasteiger partial charge in [-0.25, -0.2) is 18.4 Å². The fourth-order valence-corrected chi connectivity index (χ4v) is 3.10. The van der Waals surface area contributed by atoms with Crippen LogP contribution in [-0.4, -0.2) is 21.9 Å². The van der Waals surface area contributed by atoms with E-state index in [0.29, 0.717) is 34.5 Å². The average Bonchev–Trinajstić information content (AvgIpc) is 3.11. The summed E-state index contributed by atoms with van der Waals surface area (Å²) in [6, 6.07) is 15.1. The van der Waals surface area contributed by atoms with Crippen molar-refractivity contribution in [3.05, 3.63) is 83.1 Å². The van der Waals surface area contributed by atoms with Crippen LogP contribution in [0.5, 0.6) is 5.75 Å². The number of nitrogens with one attached hydrogen (secondary N) is 1. The monoisotopic (exact) mass is 405 g/mol. The zero-order chi connectivity index (χ0) is 21.1. The van der Waals surface area contributed by atoms with Gasteiger partial charge in [-0.1, -0.05) is 18.2 Å². The second-order valence-corrected chi connectivity index (χ2v) is 6.66. The van der Waals surface area contributed by atoms with Gasteiger partial charge in [0.2, 0.25) is 0 Å². The van der Waals surface area contributed by atoms with Crippen LogP contribution in [0.15, 0.2) is 54.7 Å². The Bertz CT molecular complexity index is 1250. The van der Waals surface area contributed by atoms with E-state index in [-0.39, 0.29) is 6.54 Å². The summed E-state index contributed by atoms with van der Waals surface area (Å²) in [5.74, 6) is -0.531. The maximum atomic E-state index is 13.5. The highest BCUT2D eigenvalue weighted by Gasteiger charge is 2.14. The summed E-state index contributed by atoms with van der Waals surface area (Å²) in [5, 5.41) is 17.6. The van der Waals surface area contributed by atoms with Gasteiger partial charge in [0.15, 0.2) is 23.1 Å². The van der Waals surface area contributed by atoms with E-state index in [1.807, 2.05) is 24.3 Å². The number of halogens is 2. The zero-order valence-electron chi connectivity index (χ0n) is 16.1. The van der Waals surface area contributed by atoms with Crippen LogP contribution in [-0.2, 0) is 13.1 Å². The molecule has 0 unspecified atom stereocenters. The van der Waals surface area contributed by atoms with Crippen molar-refractivity contribution in [2.75, 3.05) is 12.4 Å². The molecule has 2 aromatic carbocycles. The minimum atomic E-state index is -0.905. The number of fused-ring (bicyclic) bond motifs is 1. The summed E-state index contributed by atoms with van der Waals surface area (Å²) < 4.78 is 33.5. The SMILES string of the molecule is COc1ccc(Cn2nc(NCc3ccc(F)c(F)c3)c3cc(C#N)cnc32)cc1. The highest BCUT2D eigenvalue weighted by molar-refractivity contribution is 5.88. The molecule has 8 heteroatoms. The lowest BCUT2D eigenvalue weighted by Gasteiger charge is -2.05. The molecule has 2 aromatic heterocycles. The first-order valence-electron chi connectivity index (χ1n) is 9.15. The predicted octanol–water partition coefficient (Wildman–Crippen LogP) is 4.25. The smallest absolute Gasteiger partial charge is 0.160 e. The number of pyridine rings is 1. The van der Waals surface area contributed by atoms with E-state index >= 15 is 0 Å². The van der Waals surface area contributed by atoms with Crippen LogP contribution in [0.3, 0.4) is 0 Å². The van der Waals surface area contributed by atoms with E-state index in [1.165, 1.54) is 12.3 Å². The number of methoxy groups -OCH3 is 1. The van der Waals surface area contributed by atoms with Crippen LogP contribution in [0.2, 0.25) is 0 Å². The Morgan fingerprint density at radius 2 is 1.83 bits per heavy atom. The summed E-state index contributed by atoms with van der Waals surface area (Å²) in [5.41, 5.74) is 2.58. The summed E-state index contributed by atoms with van der Waals surface area (Å²) in [6.07, 6.45) is 1.49. The molecule has 1 N–H and O–H groups in total. The van der Waals surface area contributed by atoms with Crippen LogP contribution in [0.25, 0.3) is 11.0 Å². The summed E-state index contributed by atoms with van der Waals surface area (Å²) >= 11 is 0. The molecule has 30 heavy (non-hydrogen) atoms. The molecular formula is C22H17F2N5O. The number of nitrogens with zero attached hydrogens (tertiary/aromatic N) is 4. The number of aromatic nitrogens is 3. The minimum Gasteiger partial charge on any atom is -0.497 e. The molecule has 0 saturated carbocycles. The van der Waals surface area contributed by atoms with Crippen LogP contribution in [0, 0.1) is 23.0 Å². The Kier molecular flexibility index (Phi) is 5.26. The Hall–Kier alpha value is -3.99. The van der Waals surface area contributed by atoms with Crippen molar-refractivity contribution in [1.82, 2.24) is 14.8 Å². The third kappa shape index (κ3) is 3.91. The molecule has 0 amide bonds. The maximum Gasteiger partial charge on any atom is 0.160 e. The molecule has 0 atom stereocenters. The van der Waals surface area contributed by atoms with E-state index in [4.69, 9.17) is 4.74 Å². The van der Waals surface area contributed by atoms with Gasteiger partial charge in [-0.3, -0.25) is 0 Å². The van der Waals surface area contributed by atoms with E-state index in [2.05, 4.69) is 21.5 Å². The normalized spacial score (nSPS) is 10.7. The standard InChI is InChI=1S/C22H17F2N5O/c1-30-17-5-2-14(3-6-17)13-29-22-18(8-16(10-25)12-27-22)21(28-29)26-11-15-4-7-19(23)20(24)9-15/h2-9,12H,11,13H2,1H3,(H,26,28). The average molecular weight is 405 g/mol. The third-order valence-corrected chi connectivity index (χ3v) is 4.65. The lowest BCUT2D eigenvalue weighted by Crippen LogP contribution is -2.05. The van der Waals surface area contributed by atoms with Crippen LogP contribution < -0.4 is 10.1 Å². The van der Waals surface area contributed by atoms with Crippen molar-refractivity contribution in [1.29, 1.82) is 5.26 Å². The molecule has 2 heterocycles. The van der Waals surface area contributed by atoms with E-state index < -0.39 is 11.6 Å². The number of rotatable bonds is 6. The van der Waals surface area contributed by atoms with E-state index in [1.54, 1.807) is 17.9 Å². The van der Waals surface area contributed by atoms with Gasteiger partial charge in [0.1, 0.15) is 11.8 Å². The lowest BCUT2D eigenvalue weighted by molar-refractivity contribution is 0.414. The summed E-state index contributed by atoms with van der Waals surface area (Å²) in [6.45, 7) is 0.703. The number of benzene rings is 2. The molecule has 0 aliphatic heterocycles. The first-order valence-corrected chi connectivity index (χ1v) is 9.15. The summed E-state index contributed by atoms with van der Waals surface area (Å²) in [7, 11) is 1.61. The van der Waals surface area contributed by atoms with Gasteiger partial charge in [0.05, 0.1) is 24.6 Å². The van der Waals surface area contributed by atoms with Crippen molar-refractivity contribution in [2.45, 2.75) is 13.1 Å². The van der Waals surface area contributed by atoms with Gasteiger partial charge < -0.3 is 10.1 Å². The molecule has 4 rings (SSSR count). The number of ether oxygens (including phenoxy) is 1. The van der Waals surface area contributed by atoms with E-state index in [0.717, 1.165) is 23.4 Å². The van der Waals surface area contributed by atoms with Gasteiger partial charge in [-0.2, -0.15) is 10.4 Å². The molecule has 4 aromatic rings. The molecule has 0 aliphatic rings. The first-order chi connectivity index (χ1) is 14.6. The van der Waals surface area contributed by atoms with Gasteiger partial charge in [0, 0.05) is 12.7 Å². The zero-order valence-corrected chi connectivity index (χ0v) is 16.1. The third-order valence-electron chi connectivity index (χ3n) is 4.65. The fourth-order valence-electron chi connectivity index (χ4n) is 3.10. The molecule has 0 spiro atoms. The van der Waals surface area contributed by atoms with Crippen molar-refractivity contribution in [3.8, 4) is 11.8 Å². The van der Waals surface area contributed by atoms with Crippen LogP contribution >= 0.6 is 0 Å². The van der Waals surface area contributed by atoms with Gasteiger partial charge in [-0.05, 0) is 41.5 Å². The Labute approximate surface area is 171 Å². The molecule has 150 valence electrons. The fraction of sp³-hybridized carbons (Fsp3) is 0.136. The van der Waals surface area contributed by atoms with Crippen molar-refractivity contribution in [3.63, 3.8) is 0 Å². The predicted molar refractivity (Wildman–Crippen MR) is 108 cm³/mol. The van der Waals surface area contributed by atoms with Crippen molar-refractivity contribution in [2.24, 2.45) is 0 Å². The second kappa shape index (κ2) is 8.17. The van der Waals surface area contributed by atoms with Gasteiger partial charge in [0.25, 0.3) is 0 Å². The molecule has 0 radical (unpaired) electrons. The molecule has 6 nitrogen and oxygen atoms in total. The minimum absolute atomic E-state index is 0.239. The van der Waals surface area contributed by atoms with Crippen molar-refractivity contribution >= 4 is 16.9 Å². The van der Waals surface area contributed by atoms with Crippen LogP contribution in [0.4, 0.5) is 14.6 Å². The molecule has 0 bridgehead atoms. The maximum absolute atomic E-state index is 13.5. The largest absolute Gasteiger partial charge is 0.497 e. The van der Waals surface area contributed by atoms with Gasteiger partial charge in [-0.15, -0.1) is 0 Å². The summed E-state index contributed by atoms with van der Waals surface area (Å²) in [4.78, 5) is 4.39. The highest BCUT2D eigenvalue weighted by atomic mass is 19.2. The van der Waals surface area contributed by atoms with E-state index in [9.17, 15) is 14.0 Å². The molecule has 0 fully saturated rings. The Morgan fingerprint density at radius 3 is 2.53 bits per heavy atom. The van der Waals surface area contributed by atoms with Crippen molar-refractivity contribution < 1.29 is 13.5 Å². The van der Waals surface area contributed by atoms with Gasteiger partial charge >= 0.3 is 0 Å². The highest BCUT2D eigenvalue weighted by Crippen LogP contribution is 2.24. The first kappa shape index (κ1) is 19.3. The number of hydrogen-bond acceptors (Lipinski definition) is 5. The molecular weight excluding hydrogens is 388 g/mol. The number of nitriles is 1. The van der Waals surface area contributed by atoms with Crippen LogP contribution in [0.1, 0.15) is 16.7 Å². The topological polar surface area (TPSA) is 75.8 Å². The molecule has 0 aliphatic carbocycles. The number of hydrogen-bond donors (Lipinski definition) is 1. The molecule has 0 saturated heterocycles. The lowest BCUT2D eigenvalue weighted by atomic mass is 10.2. The Morgan fingerprint density at radius 1 is 1.07 bits per heavy atom. The number of anilines is 1. The second-order valence-electron chi connectivity index (χ2n) is 6.66. The Balaban J connectivity index is 1.65. The quantitative estimate of drug-likeness (QED) is 0.519.